The van der Waals surface area contributed by atoms with Gasteiger partial charge in [-0.05, 0) is 12.5 Å². The number of rotatable bonds is 11. The number of carbonyl (C=O) groups is 1. The topological polar surface area (TPSA) is 57.5 Å². The van der Waals surface area contributed by atoms with Crippen LogP contribution in [0.2, 0.25) is 6.04 Å². The number of carboxylic acid groups (broad SMARTS) is 1. The van der Waals surface area contributed by atoms with Crippen LogP contribution in [0.25, 0.3) is 0 Å². The number of hydrogen-bond acceptors (Lipinski definition) is 2. The first-order valence-electron chi connectivity index (χ1n) is 6.32. The highest BCUT2D eigenvalue weighted by Gasteiger charge is 2.16. The van der Waals surface area contributed by atoms with Crippen molar-refractivity contribution in [3.63, 3.8) is 0 Å². The van der Waals surface area contributed by atoms with Crippen LogP contribution < -0.4 is 0 Å². The number of aliphatic carboxylic acids is 1. The van der Waals surface area contributed by atoms with Crippen LogP contribution in [0.5, 0.6) is 0 Å². The summed E-state index contributed by atoms with van der Waals surface area (Å²) >= 11 is 0. The molecule has 0 heterocycles. The fourth-order valence-electron chi connectivity index (χ4n) is 1.77. The number of carboxylic acids is 1. The van der Waals surface area contributed by atoms with Crippen molar-refractivity contribution < 1.29 is 14.7 Å². The molecule has 0 aromatic heterocycles. The third-order valence-corrected chi connectivity index (χ3v) is 3.52. The molecular formula is C12H24O3Si. The lowest BCUT2D eigenvalue weighted by molar-refractivity contribution is -0.141. The van der Waals surface area contributed by atoms with Crippen molar-refractivity contribution in [2.24, 2.45) is 5.92 Å². The molecule has 16 heavy (non-hydrogen) atoms. The molecule has 0 saturated heterocycles. The Morgan fingerprint density at radius 1 is 1.12 bits per heavy atom. The van der Waals surface area contributed by atoms with E-state index in [4.69, 9.17) is 9.90 Å². The quantitative estimate of drug-likeness (QED) is 0.434. The second-order valence-electron chi connectivity index (χ2n) is 4.31. The molecule has 0 aliphatic heterocycles. The smallest absolute Gasteiger partial charge is 0.306 e. The average molecular weight is 244 g/mol. The minimum Gasteiger partial charge on any atom is -0.481 e. The first-order valence-corrected chi connectivity index (χ1v) is 7.47. The summed E-state index contributed by atoms with van der Waals surface area (Å²) in [4.78, 5) is 19.5. The third kappa shape index (κ3) is 8.92. The largest absolute Gasteiger partial charge is 0.481 e. The van der Waals surface area contributed by atoms with Crippen LogP contribution in [-0.2, 0) is 4.79 Å². The zero-order valence-electron chi connectivity index (χ0n) is 10.2. The van der Waals surface area contributed by atoms with Crippen molar-refractivity contribution in [2.45, 2.75) is 64.3 Å². The zero-order chi connectivity index (χ0) is 12.2. The van der Waals surface area contributed by atoms with Gasteiger partial charge in [-0.2, -0.15) is 0 Å². The Labute approximate surface area is 101 Å². The molecule has 4 heteroatoms. The molecule has 1 unspecified atom stereocenters. The zero-order valence-corrected chi connectivity index (χ0v) is 11.2. The van der Waals surface area contributed by atoms with E-state index in [0.717, 1.165) is 19.3 Å². The van der Waals surface area contributed by atoms with E-state index in [0.29, 0.717) is 6.04 Å². The van der Waals surface area contributed by atoms with Gasteiger partial charge in [0.25, 0.3) is 0 Å². The molecule has 0 aliphatic rings. The average Bonchev–Trinajstić information content (AvgIpc) is 2.26. The Hall–Kier alpha value is -0.353. The molecule has 2 radical (unpaired) electrons. The lowest BCUT2D eigenvalue weighted by Crippen LogP contribution is -2.15. The minimum atomic E-state index is -0.757. The molecule has 1 atom stereocenters. The van der Waals surface area contributed by atoms with Gasteiger partial charge >= 0.3 is 5.97 Å². The van der Waals surface area contributed by atoms with E-state index in [-0.39, 0.29) is 15.7 Å². The van der Waals surface area contributed by atoms with Gasteiger partial charge < -0.3 is 9.90 Å². The van der Waals surface area contributed by atoms with Gasteiger partial charge in [0.05, 0.1) is 5.92 Å². The van der Waals surface area contributed by atoms with Crippen LogP contribution in [0.3, 0.4) is 0 Å². The second kappa shape index (κ2) is 11.1. The van der Waals surface area contributed by atoms with Crippen molar-refractivity contribution in [1.82, 2.24) is 0 Å². The van der Waals surface area contributed by atoms with E-state index >= 15 is 0 Å². The summed E-state index contributed by atoms with van der Waals surface area (Å²) in [5.74, 6) is -1.09. The van der Waals surface area contributed by atoms with E-state index in [2.05, 4.69) is 6.92 Å². The monoisotopic (exact) mass is 244 g/mol. The minimum absolute atomic E-state index is 0.238. The van der Waals surface area contributed by atoms with Gasteiger partial charge in [0.15, 0.2) is 0 Å². The molecule has 0 aromatic carbocycles. The van der Waals surface area contributed by atoms with Crippen LogP contribution in [-0.4, -0.2) is 25.6 Å². The molecule has 2 N–H and O–H groups in total. The van der Waals surface area contributed by atoms with Crippen molar-refractivity contribution in [2.75, 3.05) is 0 Å². The van der Waals surface area contributed by atoms with Crippen LogP contribution in [0.1, 0.15) is 58.3 Å². The van der Waals surface area contributed by atoms with Gasteiger partial charge in [0.1, 0.15) is 0 Å². The maximum Gasteiger partial charge on any atom is 0.306 e. The summed E-state index contributed by atoms with van der Waals surface area (Å²) < 4.78 is 0. The van der Waals surface area contributed by atoms with Gasteiger partial charge in [-0.3, -0.25) is 4.79 Å². The van der Waals surface area contributed by atoms with Crippen molar-refractivity contribution >= 4 is 15.7 Å². The second-order valence-corrected chi connectivity index (χ2v) is 5.03. The molecule has 0 amide bonds. The first kappa shape index (κ1) is 15.6. The molecule has 0 bridgehead atoms. The maximum absolute atomic E-state index is 10.8. The molecule has 0 aromatic rings. The lowest BCUT2D eigenvalue weighted by atomic mass is 10.0. The van der Waals surface area contributed by atoms with E-state index in [1.165, 1.54) is 32.1 Å². The predicted octanol–water partition coefficient (Wildman–Crippen LogP) is 2.86. The first-order chi connectivity index (χ1) is 7.72. The Morgan fingerprint density at radius 3 is 2.19 bits per heavy atom. The molecule has 0 rings (SSSR count). The molecule has 3 nitrogen and oxygen atoms in total. The fourth-order valence-corrected chi connectivity index (χ4v) is 2.37. The van der Waals surface area contributed by atoms with Crippen molar-refractivity contribution in [3.05, 3.63) is 0 Å². The van der Waals surface area contributed by atoms with Gasteiger partial charge in [-0.1, -0.05) is 51.9 Å². The van der Waals surface area contributed by atoms with E-state index in [9.17, 15) is 4.79 Å². The van der Waals surface area contributed by atoms with Gasteiger partial charge in [-0.15, -0.1) is 0 Å². The standard InChI is InChI=1S/C12H24O3Si/c1-2-3-4-5-6-7-8-9-11(10-16-15)12(13)14/h11,15H,2-10H2,1H3,(H,13,14). The van der Waals surface area contributed by atoms with E-state index in [1.807, 2.05) is 0 Å². The van der Waals surface area contributed by atoms with E-state index in [1.54, 1.807) is 0 Å². The van der Waals surface area contributed by atoms with E-state index < -0.39 is 5.97 Å². The summed E-state index contributed by atoms with van der Waals surface area (Å²) in [5.41, 5.74) is 0. The summed E-state index contributed by atoms with van der Waals surface area (Å²) in [7, 11) is -0.238. The summed E-state index contributed by atoms with van der Waals surface area (Å²) in [5, 5.41) is 8.87. The fraction of sp³-hybridized carbons (Fsp3) is 0.917. The number of hydrogen-bond donors (Lipinski definition) is 2. The Bertz CT molecular complexity index is 174. The van der Waals surface area contributed by atoms with Crippen molar-refractivity contribution in [3.8, 4) is 0 Å². The molecule has 0 fully saturated rings. The number of unbranched alkanes of at least 4 members (excludes halogenated alkanes) is 6. The Morgan fingerprint density at radius 2 is 1.69 bits per heavy atom. The van der Waals surface area contributed by atoms with Gasteiger partial charge in [-0.25, -0.2) is 0 Å². The summed E-state index contributed by atoms with van der Waals surface area (Å²) in [6, 6.07) is 0.422. The summed E-state index contributed by atoms with van der Waals surface area (Å²) in [6.07, 6.45) is 9.19. The van der Waals surface area contributed by atoms with Gasteiger partial charge in [0.2, 0.25) is 9.76 Å². The SMILES string of the molecule is CCCCCCCCCC(C[Si]O)C(=O)O. The van der Waals surface area contributed by atoms with Crippen molar-refractivity contribution in [1.29, 1.82) is 0 Å². The van der Waals surface area contributed by atoms with Crippen LogP contribution >= 0.6 is 0 Å². The molecule has 0 spiro atoms. The lowest BCUT2D eigenvalue weighted by Gasteiger charge is -2.09. The highest BCUT2D eigenvalue weighted by atomic mass is 28.2. The van der Waals surface area contributed by atoms with Crippen LogP contribution in [0, 0.1) is 5.92 Å². The molecule has 94 valence electrons. The Kier molecular flexibility index (Phi) is 10.9. The maximum atomic E-state index is 10.8. The van der Waals surface area contributed by atoms with Crippen LogP contribution in [0.4, 0.5) is 0 Å². The predicted molar refractivity (Wildman–Crippen MR) is 66.5 cm³/mol. The Balaban J connectivity index is 3.37. The van der Waals surface area contributed by atoms with Gasteiger partial charge in [0, 0.05) is 0 Å². The normalized spacial score (nSPS) is 12.6. The third-order valence-electron chi connectivity index (χ3n) is 2.84. The highest BCUT2D eigenvalue weighted by molar-refractivity contribution is 6.26. The van der Waals surface area contributed by atoms with Crippen LogP contribution in [0.15, 0.2) is 0 Å². The molecule has 0 aliphatic carbocycles. The molecule has 0 saturated carbocycles. The summed E-state index contributed by atoms with van der Waals surface area (Å²) in [6.45, 7) is 2.20. The molecular weight excluding hydrogens is 220 g/mol. The highest BCUT2D eigenvalue weighted by Crippen LogP contribution is 2.15.